The van der Waals surface area contributed by atoms with E-state index in [0.717, 1.165) is 6.26 Å². The third-order valence-corrected chi connectivity index (χ3v) is 4.47. The van der Waals surface area contributed by atoms with Crippen molar-refractivity contribution in [1.29, 1.82) is 0 Å². The van der Waals surface area contributed by atoms with Gasteiger partial charge in [0.2, 0.25) is 5.91 Å². The van der Waals surface area contributed by atoms with E-state index in [-0.39, 0.29) is 29.8 Å². The molecule has 0 bridgehead atoms. The van der Waals surface area contributed by atoms with Crippen molar-refractivity contribution in [3.8, 4) is 0 Å². The Morgan fingerprint density at radius 1 is 1.41 bits per heavy atom. The maximum absolute atomic E-state index is 11.8. The summed E-state index contributed by atoms with van der Waals surface area (Å²) in [4.78, 5) is 24.5. The number of alkyl halides is 1. The van der Waals surface area contributed by atoms with E-state index in [0.29, 0.717) is 5.69 Å². The molecule has 2 rings (SSSR count). The number of carbonyl (C=O) groups is 2. The van der Waals surface area contributed by atoms with Crippen LogP contribution in [0.3, 0.4) is 0 Å². The summed E-state index contributed by atoms with van der Waals surface area (Å²) >= 11 is 5.36. The standard InChI is InChI=1S/C13H15ClN2O5S/c1-22(19,20)11-4-2-9(3-5-11)16-8-10(21-13(16)18)7-15-12(17)6-14/h2-5,10H,6-8H2,1H3,(H,15,17). The summed E-state index contributed by atoms with van der Waals surface area (Å²) in [5, 5.41) is 2.54. The van der Waals surface area contributed by atoms with Crippen molar-refractivity contribution in [3.63, 3.8) is 0 Å². The second-order valence-corrected chi connectivity index (χ2v) is 7.10. The first kappa shape index (κ1) is 16.6. The van der Waals surface area contributed by atoms with Crippen LogP contribution in [0.25, 0.3) is 0 Å². The van der Waals surface area contributed by atoms with Crippen molar-refractivity contribution >= 4 is 39.1 Å². The lowest BCUT2D eigenvalue weighted by Crippen LogP contribution is -2.35. The van der Waals surface area contributed by atoms with E-state index in [9.17, 15) is 18.0 Å². The lowest BCUT2D eigenvalue weighted by atomic mass is 10.2. The van der Waals surface area contributed by atoms with E-state index in [1.165, 1.54) is 29.2 Å². The molecule has 0 saturated carbocycles. The summed E-state index contributed by atoms with van der Waals surface area (Å²) in [6.45, 7) is 0.439. The molecule has 1 aliphatic rings. The third kappa shape index (κ3) is 3.89. The summed E-state index contributed by atoms with van der Waals surface area (Å²) in [5.41, 5.74) is 0.531. The van der Waals surface area contributed by atoms with Gasteiger partial charge < -0.3 is 10.1 Å². The molecule has 120 valence electrons. The molecule has 1 fully saturated rings. The molecule has 0 spiro atoms. The summed E-state index contributed by atoms with van der Waals surface area (Å²) < 4.78 is 27.9. The topological polar surface area (TPSA) is 92.8 Å². The van der Waals surface area contributed by atoms with Crippen molar-refractivity contribution in [1.82, 2.24) is 5.32 Å². The molecule has 1 N–H and O–H groups in total. The zero-order valence-electron chi connectivity index (χ0n) is 11.8. The van der Waals surface area contributed by atoms with Crippen LogP contribution in [0.5, 0.6) is 0 Å². The van der Waals surface area contributed by atoms with Gasteiger partial charge in [0.25, 0.3) is 0 Å². The number of halogens is 1. The Kier molecular flexibility index (Phi) is 4.92. The van der Waals surface area contributed by atoms with Crippen LogP contribution in [0.15, 0.2) is 29.2 Å². The maximum Gasteiger partial charge on any atom is 0.414 e. The van der Waals surface area contributed by atoms with Gasteiger partial charge in [-0.15, -0.1) is 11.6 Å². The molecule has 1 atom stereocenters. The third-order valence-electron chi connectivity index (χ3n) is 3.10. The Hall–Kier alpha value is -1.80. The normalized spacial score (nSPS) is 18.2. The average Bonchev–Trinajstić information content (AvgIpc) is 2.85. The van der Waals surface area contributed by atoms with Crippen LogP contribution in [-0.4, -0.2) is 51.7 Å². The molecular formula is C13H15ClN2O5S. The first-order valence-corrected chi connectivity index (χ1v) is 8.85. The van der Waals surface area contributed by atoms with Gasteiger partial charge in [-0.1, -0.05) is 0 Å². The zero-order chi connectivity index (χ0) is 16.3. The maximum atomic E-state index is 11.8. The van der Waals surface area contributed by atoms with Crippen molar-refractivity contribution in [3.05, 3.63) is 24.3 Å². The molecule has 1 unspecified atom stereocenters. The monoisotopic (exact) mass is 346 g/mol. The SMILES string of the molecule is CS(=O)(=O)c1ccc(N2CC(CNC(=O)CCl)OC2=O)cc1. The number of hydrogen-bond donors (Lipinski definition) is 1. The lowest BCUT2D eigenvalue weighted by Gasteiger charge is -2.13. The summed E-state index contributed by atoms with van der Waals surface area (Å²) in [6, 6.07) is 5.94. The Labute approximate surface area is 133 Å². The van der Waals surface area contributed by atoms with Crippen molar-refractivity contribution in [2.45, 2.75) is 11.0 Å². The number of ether oxygens (including phenoxy) is 1. The molecule has 2 amide bonds. The van der Waals surface area contributed by atoms with E-state index >= 15 is 0 Å². The molecule has 9 heteroatoms. The van der Waals surface area contributed by atoms with Gasteiger partial charge >= 0.3 is 6.09 Å². The fraction of sp³-hybridized carbons (Fsp3) is 0.385. The number of carbonyl (C=O) groups excluding carboxylic acids is 2. The fourth-order valence-electron chi connectivity index (χ4n) is 1.99. The summed E-state index contributed by atoms with van der Waals surface area (Å²) in [6.07, 6.45) is 0.0910. The van der Waals surface area contributed by atoms with Crippen LogP contribution < -0.4 is 10.2 Å². The summed E-state index contributed by atoms with van der Waals surface area (Å²) in [5.74, 6) is -0.495. The molecule has 0 aromatic heterocycles. The first-order chi connectivity index (χ1) is 10.3. The largest absolute Gasteiger partial charge is 0.442 e. The van der Waals surface area contributed by atoms with Gasteiger partial charge in [-0.3, -0.25) is 9.69 Å². The molecule has 1 aromatic carbocycles. The molecule has 0 radical (unpaired) electrons. The highest BCUT2D eigenvalue weighted by Gasteiger charge is 2.32. The van der Waals surface area contributed by atoms with E-state index in [4.69, 9.17) is 16.3 Å². The highest BCUT2D eigenvalue weighted by molar-refractivity contribution is 7.90. The highest BCUT2D eigenvalue weighted by Crippen LogP contribution is 2.23. The highest BCUT2D eigenvalue weighted by atomic mass is 35.5. The Morgan fingerprint density at radius 3 is 2.59 bits per heavy atom. The van der Waals surface area contributed by atoms with Crippen molar-refractivity contribution in [2.24, 2.45) is 0 Å². The predicted molar refractivity (Wildman–Crippen MR) is 80.9 cm³/mol. The summed E-state index contributed by atoms with van der Waals surface area (Å²) in [7, 11) is -3.28. The number of rotatable bonds is 5. The van der Waals surface area contributed by atoms with Gasteiger partial charge in [0.15, 0.2) is 9.84 Å². The number of hydrogen-bond acceptors (Lipinski definition) is 5. The smallest absolute Gasteiger partial charge is 0.414 e. The fourth-order valence-corrected chi connectivity index (χ4v) is 2.71. The van der Waals surface area contributed by atoms with E-state index in [1.54, 1.807) is 0 Å². The molecule has 1 aromatic rings. The molecule has 7 nitrogen and oxygen atoms in total. The number of benzene rings is 1. The Bertz CT molecular complexity index is 674. The molecular weight excluding hydrogens is 332 g/mol. The van der Waals surface area contributed by atoms with Crippen LogP contribution in [0.2, 0.25) is 0 Å². The minimum Gasteiger partial charge on any atom is -0.442 e. The number of nitrogens with one attached hydrogen (secondary N) is 1. The van der Waals surface area contributed by atoms with Crippen LogP contribution in [0.4, 0.5) is 10.5 Å². The van der Waals surface area contributed by atoms with Crippen molar-refractivity contribution < 1.29 is 22.7 Å². The average molecular weight is 347 g/mol. The molecule has 0 aliphatic carbocycles. The molecule has 1 saturated heterocycles. The number of nitrogens with zero attached hydrogens (tertiary/aromatic N) is 1. The van der Waals surface area contributed by atoms with Crippen molar-refractivity contribution in [2.75, 3.05) is 30.1 Å². The van der Waals surface area contributed by atoms with Gasteiger partial charge in [0.1, 0.15) is 12.0 Å². The number of sulfone groups is 1. The Balaban J connectivity index is 2.04. The van der Waals surface area contributed by atoms with Crippen LogP contribution in [-0.2, 0) is 19.4 Å². The van der Waals surface area contributed by atoms with Crippen LogP contribution in [0, 0.1) is 0 Å². The van der Waals surface area contributed by atoms with Gasteiger partial charge in [0, 0.05) is 11.9 Å². The van der Waals surface area contributed by atoms with Gasteiger partial charge in [0.05, 0.1) is 18.0 Å². The Morgan fingerprint density at radius 2 is 2.05 bits per heavy atom. The molecule has 1 aliphatic heterocycles. The van der Waals surface area contributed by atoms with Gasteiger partial charge in [-0.25, -0.2) is 13.2 Å². The van der Waals surface area contributed by atoms with Gasteiger partial charge in [-0.2, -0.15) is 0 Å². The van der Waals surface area contributed by atoms with E-state index in [2.05, 4.69) is 5.32 Å². The minimum atomic E-state index is -3.28. The second kappa shape index (κ2) is 6.53. The predicted octanol–water partition coefficient (Wildman–Crippen LogP) is 0.770. The number of anilines is 1. The second-order valence-electron chi connectivity index (χ2n) is 4.82. The first-order valence-electron chi connectivity index (χ1n) is 6.42. The van der Waals surface area contributed by atoms with Crippen LogP contribution in [0.1, 0.15) is 0 Å². The molecule has 1 heterocycles. The van der Waals surface area contributed by atoms with E-state index < -0.39 is 22.0 Å². The number of cyclic esters (lactones) is 1. The molecule has 22 heavy (non-hydrogen) atoms. The van der Waals surface area contributed by atoms with E-state index in [1.807, 2.05) is 0 Å². The van der Waals surface area contributed by atoms with Gasteiger partial charge in [-0.05, 0) is 24.3 Å². The zero-order valence-corrected chi connectivity index (χ0v) is 13.4. The quantitative estimate of drug-likeness (QED) is 0.795. The van der Waals surface area contributed by atoms with Crippen LogP contribution >= 0.6 is 11.6 Å². The minimum absolute atomic E-state index is 0.155. The lowest BCUT2D eigenvalue weighted by molar-refractivity contribution is -0.119. The number of amides is 2.